The van der Waals surface area contributed by atoms with E-state index in [1.807, 2.05) is 0 Å². The number of nitriles is 1. The molecule has 0 saturated heterocycles. The number of alkyl halides is 3. The second-order valence-corrected chi connectivity index (χ2v) is 4.23. The molecule has 0 bridgehead atoms. The summed E-state index contributed by atoms with van der Waals surface area (Å²) in [4.78, 5) is 3.94. The second-order valence-electron chi connectivity index (χ2n) is 3.84. The summed E-state index contributed by atoms with van der Waals surface area (Å²) in [5.41, 5.74) is -0.768. The Labute approximate surface area is 117 Å². The Bertz CT molecular complexity index is 677. The quantitative estimate of drug-likeness (QED) is 0.837. The first-order chi connectivity index (χ1) is 9.40. The zero-order valence-electron chi connectivity index (χ0n) is 9.87. The minimum atomic E-state index is -4.49. The Balaban J connectivity index is 2.36. The minimum Gasteiger partial charge on any atom is -0.339 e. The van der Waals surface area contributed by atoms with Crippen molar-refractivity contribution in [3.05, 3.63) is 52.7 Å². The average molecular weight is 298 g/mol. The van der Waals surface area contributed by atoms with Crippen LogP contribution in [0.5, 0.6) is 0 Å². The molecule has 2 rings (SSSR count). The lowest BCUT2D eigenvalue weighted by molar-refractivity contribution is -0.137. The molecular weight excluding hydrogens is 291 g/mol. The van der Waals surface area contributed by atoms with Crippen molar-refractivity contribution >= 4 is 23.1 Å². The number of pyridine rings is 1. The molecule has 0 aliphatic heterocycles. The number of anilines is 2. The normalized spacial score (nSPS) is 10.9. The van der Waals surface area contributed by atoms with E-state index in [9.17, 15) is 13.2 Å². The summed E-state index contributed by atoms with van der Waals surface area (Å²) in [6, 6.07) is 9.37. The van der Waals surface area contributed by atoms with Crippen molar-refractivity contribution in [1.29, 1.82) is 5.26 Å². The van der Waals surface area contributed by atoms with Crippen LogP contribution in [0.15, 0.2) is 36.4 Å². The highest BCUT2D eigenvalue weighted by Gasteiger charge is 2.31. The highest BCUT2D eigenvalue weighted by atomic mass is 35.5. The van der Waals surface area contributed by atoms with E-state index < -0.39 is 11.7 Å². The minimum absolute atomic E-state index is 0.124. The van der Waals surface area contributed by atoms with E-state index in [2.05, 4.69) is 10.3 Å². The molecule has 0 radical (unpaired) electrons. The zero-order valence-corrected chi connectivity index (χ0v) is 10.6. The Morgan fingerprint density at radius 1 is 1.20 bits per heavy atom. The van der Waals surface area contributed by atoms with E-state index >= 15 is 0 Å². The first kappa shape index (κ1) is 14.2. The van der Waals surface area contributed by atoms with Crippen molar-refractivity contribution in [3.8, 4) is 6.07 Å². The maximum atomic E-state index is 12.6. The molecule has 1 aromatic carbocycles. The van der Waals surface area contributed by atoms with Gasteiger partial charge in [0.1, 0.15) is 17.0 Å². The van der Waals surface area contributed by atoms with E-state index in [0.717, 1.165) is 12.1 Å². The monoisotopic (exact) mass is 297 g/mol. The van der Waals surface area contributed by atoms with Gasteiger partial charge in [-0.3, -0.25) is 0 Å². The van der Waals surface area contributed by atoms with Gasteiger partial charge in [0.15, 0.2) is 0 Å². The van der Waals surface area contributed by atoms with Gasteiger partial charge >= 0.3 is 6.18 Å². The molecule has 20 heavy (non-hydrogen) atoms. The maximum absolute atomic E-state index is 12.6. The van der Waals surface area contributed by atoms with Crippen LogP contribution in [-0.4, -0.2) is 4.98 Å². The van der Waals surface area contributed by atoms with Crippen LogP contribution < -0.4 is 5.32 Å². The molecule has 2 aromatic rings. The van der Waals surface area contributed by atoms with Crippen LogP contribution in [0.25, 0.3) is 0 Å². The molecule has 3 nitrogen and oxygen atoms in total. The van der Waals surface area contributed by atoms with Crippen LogP contribution in [0, 0.1) is 11.3 Å². The Hall–Kier alpha value is -2.26. The fourth-order valence-corrected chi connectivity index (χ4v) is 1.70. The zero-order chi connectivity index (χ0) is 14.8. The number of halogens is 4. The predicted octanol–water partition coefficient (Wildman–Crippen LogP) is 4.37. The Morgan fingerprint density at radius 3 is 2.55 bits per heavy atom. The molecule has 0 fully saturated rings. The van der Waals surface area contributed by atoms with Crippen LogP contribution in [-0.2, 0) is 6.18 Å². The lowest BCUT2D eigenvalue weighted by Crippen LogP contribution is -2.06. The van der Waals surface area contributed by atoms with Crippen molar-refractivity contribution in [2.24, 2.45) is 0 Å². The molecule has 1 aromatic heterocycles. The predicted molar refractivity (Wildman–Crippen MR) is 68.7 cm³/mol. The molecule has 1 N–H and O–H groups in total. The SMILES string of the molecule is N#Cc1cc(C(F)(F)F)ccc1Nc1cccc(Cl)n1. The lowest BCUT2D eigenvalue weighted by atomic mass is 10.1. The Kier molecular flexibility index (Phi) is 3.81. The van der Waals surface area contributed by atoms with Gasteiger partial charge in [0.05, 0.1) is 16.8 Å². The summed E-state index contributed by atoms with van der Waals surface area (Å²) in [5.74, 6) is 0.341. The summed E-state index contributed by atoms with van der Waals surface area (Å²) in [7, 11) is 0. The molecular formula is C13H7ClF3N3. The van der Waals surface area contributed by atoms with Gasteiger partial charge in [0, 0.05) is 0 Å². The van der Waals surface area contributed by atoms with Gasteiger partial charge in [0.25, 0.3) is 0 Å². The van der Waals surface area contributed by atoms with Crippen molar-refractivity contribution < 1.29 is 13.2 Å². The maximum Gasteiger partial charge on any atom is 0.416 e. The first-order valence-corrected chi connectivity index (χ1v) is 5.79. The molecule has 0 amide bonds. The number of benzene rings is 1. The second kappa shape index (κ2) is 5.39. The van der Waals surface area contributed by atoms with Gasteiger partial charge in [-0.05, 0) is 30.3 Å². The number of hydrogen-bond donors (Lipinski definition) is 1. The topological polar surface area (TPSA) is 48.7 Å². The molecule has 0 spiro atoms. The van der Waals surface area contributed by atoms with Crippen LogP contribution >= 0.6 is 11.6 Å². The van der Waals surface area contributed by atoms with Crippen LogP contribution in [0.3, 0.4) is 0 Å². The largest absolute Gasteiger partial charge is 0.416 e. The van der Waals surface area contributed by atoms with Crippen LogP contribution in [0.2, 0.25) is 5.15 Å². The molecule has 0 aliphatic carbocycles. The van der Waals surface area contributed by atoms with Crippen molar-refractivity contribution in [2.45, 2.75) is 6.18 Å². The van der Waals surface area contributed by atoms with Gasteiger partial charge in [-0.25, -0.2) is 4.98 Å². The molecule has 0 unspecified atom stereocenters. The fourth-order valence-electron chi connectivity index (χ4n) is 1.54. The van der Waals surface area contributed by atoms with Crippen molar-refractivity contribution in [3.63, 3.8) is 0 Å². The summed E-state index contributed by atoms with van der Waals surface area (Å²) < 4.78 is 37.7. The number of nitrogens with zero attached hydrogens (tertiary/aromatic N) is 2. The molecule has 7 heteroatoms. The molecule has 102 valence electrons. The highest BCUT2D eigenvalue weighted by Crippen LogP contribution is 2.32. The standard InChI is InChI=1S/C13H7ClF3N3/c14-11-2-1-3-12(20-11)19-10-5-4-9(13(15,16)17)6-8(10)7-18/h1-6H,(H,19,20). The van der Waals surface area contributed by atoms with E-state index in [-0.39, 0.29) is 16.4 Å². The van der Waals surface area contributed by atoms with Gasteiger partial charge in [-0.15, -0.1) is 0 Å². The van der Waals surface area contributed by atoms with Gasteiger partial charge < -0.3 is 5.32 Å². The number of rotatable bonds is 2. The van der Waals surface area contributed by atoms with Crippen LogP contribution in [0.1, 0.15) is 11.1 Å². The van der Waals surface area contributed by atoms with Crippen molar-refractivity contribution in [1.82, 2.24) is 4.98 Å². The number of hydrogen-bond acceptors (Lipinski definition) is 3. The van der Waals surface area contributed by atoms with E-state index in [1.165, 1.54) is 6.07 Å². The Morgan fingerprint density at radius 2 is 1.95 bits per heavy atom. The number of aromatic nitrogens is 1. The first-order valence-electron chi connectivity index (χ1n) is 5.41. The lowest BCUT2D eigenvalue weighted by Gasteiger charge is -2.11. The summed E-state index contributed by atoms with van der Waals surface area (Å²) in [6.45, 7) is 0. The molecule has 0 aliphatic rings. The summed E-state index contributed by atoms with van der Waals surface area (Å²) >= 11 is 5.70. The van der Waals surface area contributed by atoms with Crippen molar-refractivity contribution in [2.75, 3.05) is 5.32 Å². The van der Waals surface area contributed by atoms with Gasteiger partial charge in [0.2, 0.25) is 0 Å². The summed E-state index contributed by atoms with van der Waals surface area (Å²) in [6.07, 6.45) is -4.49. The average Bonchev–Trinajstić information content (AvgIpc) is 2.38. The number of nitrogens with one attached hydrogen (secondary N) is 1. The van der Waals surface area contributed by atoms with E-state index in [0.29, 0.717) is 5.82 Å². The van der Waals surface area contributed by atoms with Crippen LogP contribution in [0.4, 0.5) is 24.7 Å². The van der Waals surface area contributed by atoms with E-state index in [1.54, 1.807) is 24.3 Å². The smallest absolute Gasteiger partial charge is 0.339 e. The third kappa shape index (κ3) is 3.19. The van der Waals surface area contributed by atoms with E-state index in [4.69, 9.17) is 16.9 Å². The fraction of sp³-hybridized carbons (Fsp3) is 0.0769. The molecule has 0 atom stereocenters. The van der Waals surface area contributed by atoms with Gasteiger partial charge in [-0.1, -0.05) is 17.7 Å². The highest BCUT2D eigenvalue weighted by molar-refractivity contribution is 6.29. The molecule has 0 saturated carbocycles. The molecule has 1 heterocycles. The summed E-state index contributed by atoms with van der Waals surface area (Å²) in [5, 5.41) is 11.9. The third-order valence-electron chi connectivity index (χ3n) is 2.45. The van der Waals surface area contributed by atoms with Gasteiger partial charge in [-0.2, -0.15) is 18.4 Å². The third-order valence-corrected chi connectivity index (χ3v) is 2.66.